The van der Waals surface area contributed by atoms with Crippen LogP contribution >= 0.6 is 46.4 Å². The van der Waals surface area contributed by atoms with E-state index in [1.807, 2.05) is 19.9 Å². The third kappa shape index (κ3) is 7.19. The van der Waals surface area contributed by atoms with Crippen molar-refractivity contribution in [2.45, 2.75) is 33.1 Å². The molecule has 1 unspecified atom stereocenters. The SMILES string of the molecule is CCc1cc(CC(CC)C(=O)c2ccc(OCC(=O)O)c(Cl)c2Cl)oc1-c1ccc(OCC(=O)O)c(Cl)c1Cl. The summed E-state index contributed by atoms with van der Waals surface area (Å²) in [6, 6.07) is 7.86. The number of Topliss-reactive ketones (excluding diaryl/α,β-unsaturated/α-hetero) is 1. The lowest BCUT2D eigenvalue weighted by Crippen LogP contribution is -2.17. The van der Waals surface area contributed by atoms with Crippen molar-refractivity contribution >= 4 is 64.1 Å². The Bertz CT molecular complexity index is 1400. The summed E-state index contributed by atoms with van der Waals surface area (Å²) in [7, 11) is 0. The van der Waals surface area contributed by atoms with Crippen LogP contribution in [0, 0.1) is 5.92 Å². The smallest absolute Gasteiger partial charge is 0.341 e. The summed E-state index contributed by atoms with van der Waals surface area (Å²) in [5.41, 5.74) is 1.52. The van der Waals surface area contributed by atoms with Crippen LogP contribution in [0.15, 0.2) is 34.7 Å². The summed E-state index contributed by atoms with van der Waals surface area (Å²) in [5.74, 6) is -1.87. The number of rotatable bonds is 13. The van der Waals surface area contributed by atoms with E-state index in [0.717, 1.165) is 5.56 Å². The van der Waals surface area contributed by atoms with Crippen LogP contribution in [-0.2, 0) is 22.4 Å². The molecule has 0 aliphatic carbocycles. The van der Waals surface area contributed by atoms with Crippen LogP contribution in [0.5, 0.6) is 11.5 Å². The van der Waals surface area contributed by atoms with E-state index in [0.29, 0.717) is 29.9 Å². The van der Waals surface area contributed by atoms with Gasteiger partial charge >= 0.3 is 11.9 Å². The van der Waals surface area contributed by atoms with E-state index >= 15 is 0 Å². The fourth-order valence-corrected chi connectivity index (χ4v) is 4.82. The molecule has 39 heavy (non-hydrogen) atoms. The van der Waals surface area contributed by atoms with Gasteiger partial charge in [-0.2, -0.15) is 0 Å². The van der Waals surface area contributed by atoms with Crippen LogP contribution in [0.1, 0.15) is 41.9 Å². The maximum absolute atomic E-state index is 13.4. The average molecular weight is 618 g/mol. The van der Waals surface area contributed by atoms with Crippen molar-refractivity contribution in [1.82, 2.24) is 0 Å². The van der Waals surface area contributed by atoms with Crippen molar-refractivity contribution in [3.63, 3.8) is 0 Å². The molecule has 2 N–H and O–H groups in total. The normalized spacial score (nSPS) is 11.7. The molecule has 0 saturated carbocycles. The first kappa shape index (κ1) is 30.6. The summed E-state index contributed by atoms with van der Waals surface area (Å²) >= 11 is 25.4. The zero-order chi connectivity index (χ0) is 28.9. The Kier molecular flexibility index (Phi) is 10.6. The molecule has 2 aromatic carbocycles. The second-order valence-electron chi connectivity index (χ2n) is 8.44. The van der Waals surface area contributed by atoms with Gasteiger partial charge in [0, 0.05) is 23.5 Å². The molecule has 8 nitrogen and oxygen atoms in total. The third-order valence-corrected chi connectivity index (χ3v) is 7.59. The molecule has 0 aliphatic heterocycles. The molecule has 0 bridgehead atoms. The van der Waals surface area contributed by atoms with Crippen LogP contribution in [0.3, 0.4) is 0 Å². The highest BCUT2D eigenvalue weighted by molar-refractivity contribution is 6.45. The number of benzene rings is 2. The number of carbonyl (C=O) groups is 3. The Labute approximate surface area is 244 Å². The van der Waals surface area contributed by atoms with Gasteiger partial charge in [0.2, 0.25) is 0 Å². The molecule has 0 fully saturated rings. The van der Waals surface area contributed by atoms with Crippen molar-refractivity contribution < 1.29 is 38.5 Å². The first-order valence-electron chi connectivity index (χ1n) is 11.8. The van der Waals surface area contributed by atoms with Gasteiger partial charge in [0.1, 0.15) is 33.1 Å². The van der Waals surface area contributed by atoms with Crippen LogP contribution in [0.25, 0.3) is 11.3 Å². The largest absolute Gasteiger partial charge is 0.480 e. The molecule has 12 heteroatoms. The Morgan fingerprint density at radius 1 is 0.846 bits per heavy atom. The molecule has 208 valence electrons. The zero-order valence-electron chi connectivity index (χ0n) is 20.9. The molecule has 0 amide bonds. The number of hydrogen-bond donors (Lipinski definition) is 2. The fraction of sp³-hybridized carbons (Fsp3) is 0.296. The Morgan fingerprint density at radius 3 is 1.95 bits per heavy atom. The summed E-state index contributed by atoms with van der Waals surface area (Å²) in [6.07, 6.45) is 1.34. The number of carboxylic acid groups (broad SMARTS) is 2. The van der Waals surface area contributed by atoms with Crippen molar-refractivity contribution in [1.29, 1.82) is 0 Å². The number of ether oxygens (including phenoxy) is 2. The van der Waals surface area contributed by atoms with E-state index in [1.54, 1.807) is 6.07 Å². The maximum atomic E-state index is 13.4. The lowest BCUT2D eigenvalue weighted by Gasteiger charge is -2.15. The van der Waals surface area contributed by atoms with Crippen LogP contribution in [0.2, 0.25) is 20.1 Å². The van der Waals surface area contributed by atoms with Gasteiger partial charge in [-0.05, 0) is 48.7 Å². The molecule has 1 atom stereocenters. The van der Waals surface area contributed by atoms with E-state index in [-0.39, 0.29) is 49.4 Å². The number of furan rings is 1. The molecule has 0 radical (unpaired) electrons. The Hall–Kier alpha value is -2.91. The molecule has 0 spiro atoms. The quantitative estimate of drug-likeness (QED) is 0.189. The molecule has 0 saturated heterocycles. The van der Waals surface area contributed by atoms with Gasteiger partial charge in [0.15, 0.2) is 19.0 Å². The molecule has 0 aliphatic rings. The molecular formula is C27H24Cl4O8. The first-order chi connectivity index (χ1) is 18.5. The number of aryl methyl sites for hydroxylation is 1. The van der Waals surface area contributed by atoms with Gasteiger partial charge in [-0.15, -0.1) is 0 Å². The highest BCUT2D eigenvalue weighted by Gasteiger charge is 2.26. The zero-order valence-corrected chi connectivity index (χ0v) is 23.9. The number of ketones is 1. The number of aliphatic carboxylic acids is 2. The highest BCUT2D eigenvalue weighted by Crippen LogP contribution is 2.42. The molecule has 3 aromatic rings. The Morgan fingerprint density at radius 2 is 1.41 bits per heavy atom. The van der Waals surface area contributed by atoms with Gasteiger partial charge in [0.25, 0.3) is 0 Å². The van der Waals surface area contributed by atoms with E-state index in [9.17, 15) is 14.4 Å². The van der Waals surface area contributed by atoms with Crippen LogP contribution in [0.4, 0.5) is 0 Å². The maximum Gasteiger partial charge on any atom is 0.341 e. The monoisotopic (exact) mass is 616 g/mol. The van der Waals surface area contributed by atoms with Gasteiger partial charge in [-0.25, -0.2) is 9.59 Å². The van der Waals surface area contributed by atoms with E-state index in [1.165, 1.54) is 18.2 Å². The minimum Gasteiger partial charge on any atom is -0.480 e. The number of carbonyl (C=O) groups excluding carboxylic acids is 1. The van der Waals surface area contributed by atoms with Crippen molar-refractivity contribution in [3.8, 4) is 22.8 Å². The summed E-state index contributed by atoms with van der Waals surface area (Å²) in [5, 5.41) is 17.8. The van der Waals surface area contributed by atoms with Gasteiger partial charge in [-0.3, -0.25) is 4.79 Å². The molecule has 3 rings (SSSR count). The predicted octanol–water partition coefficient (Wildman–Crippen LogP) is 7.50. The minimum atomic E-state index is -1.18. The fourth-order valence-electron chi connectivity index (χ4n) is 3.89. The van der Waals surface area contributed by atoms with E-state index < -0.39 is 31.1 Å². The van der Waals surface area contributed by atoms with E-state index in [2.05, 4.69) is 0 Å². The van der Waals surface area contributed by atoms with Crippen molar-refractivity contribution in [2.24, 2.45) is 5.92 Å². The summed E-state index contributed by atoms with van der Waals surface area (Å²) in [4.78, 5) is 35.0. The first-order valence-corrected chi connectivity index (χ1v) is 13.3. The number of halogens is 4. The second kappa shape index (κ2) is 13.4. The number of carboxylic acids is 2. The average Bonchev–Trinajstić information content (AvgIpc) is 3.31. The van der Waals surface area contributed by atoms with Gasteiger partial charge in [0.05, 0.1) is 10.0 Å². The molecular weight excluding hydrogens is 594 g/mol. The summed E-state index contributed by atoms with van der Waals surface area (Å²) in [6.45, 7) is 2.63. The topological polar surface area (TPSA) is 123 Å². The van der Waals surface area contributed by atoms with Crippen molar-refractivity contribution in [3.05, 3.63) is 67.3 Å². The van der Waals surface area contributed by atoms with Gasteiger partial charge < -0.3 is 24.1 Å². The van der Waals surface area contributed by atoms with Crippen molar-refractivity contribution in [2.75, 3.05) is 13.2 Å². The van der Waals surface area contributed by atoms with E-state index in [4.69, 9.17) is 70.5 Å². The minimum absolute atomic E-state index is 0.0241. The standard InChI is InChI=1S/C27H24Cl4O8/c1-3-13(26(36)16-5-7-18(24(30)22(16)28)37-11-20(32)33)9-15-10-14(4-2)27(39-15)17-6-8-19(25(31)23(17)29)38-12-21(34)35/h5-8,10,13H,3-4,9,11-12H2,1-2H3,(H,32,33)(H,34,35). The van der Waals surface area contributed by atoms with Crippen LogP contribution < -0.4 is 9.47 Å². The Balaban J connectivity index is 1.87. The molecule has 1 heterocycles. The highest BCUT2D eigenvalue weighted by atomic mass is 35.5. The lowest BCUT2D eigenvalue weighted by atomic mass is 9.91. The van der Waals surface area contributed by atoms with Crippen LogP contribution in [-0.4, -0.2) is 41.1 Å². The third-order valence-electron chi connectivity index (χ3n) is 5.86. The lowest BCUT2D eigenvalue weighted by molar-refractivity contribution is -0.140. The van der Waals surface area contributed by atoms with Gasteiger partial charge in [-0.1, -0.05) is 60.3 Å². The molecule has 1 aromatic heterocycles. The summed E-state index contributed by atoms with van der Waals surface area (Å²) < 4.78 is 16.4. The number of hydrogen-bond acceptors (Lipinski definition) is 6. The predicted molar refractivity (Wildman–Crippen MR) is 148 cm³/mol. The second-order valence-corrected chi connectivity index (χ2v) is 9.95.